The molecule has 0 radical (unpaired) electrons. The first-order valence-electron chi connectivity index (χ1n) is 7.73. The Kier molecular flexibility index (Phi) is 4.49. The average Bonchev–Trinajstić information content (AvgIpc) is 2.55. The van der Waals surface area contributed by atoms with Crippen LogP contribution in [0.5, 0.6) is 0 Å². The van der Waals surface area contributed by atoms with Crippen LogP contribution in [0.15, 0.2) is 36.4 Å². The number of aromatic nitrogens is 1. The molecule has 1 aliphatic rings. The van der Waals surface area contributed by atoms with Crippen LogP contribution in [0.2, 0.25) is 0 Å². The van der Waals surface area contributed by atoms with Crippen molar-refractivity contribution in [3.63, 3.8) is 0 Å². The van der Waals surface area contributed by atoms with Crippen LogP contribution in [-0.4, -0.2) is 16.1 Å². The SMILES string of the molecule is O=C(O)c1ccc(CNCc2ccc3c(n2)CCCC3)cc1. The first kappa shape index (κ1) is 14.7. The van der Waals surface area contributed by atoms with Gasteiger partial charge < -0.3 is 10.4 Å². The molecule has 3 rings (SSSR count). The van der Waals surface area contributed by atoms with E-state index >= 15 is 0 Å². The molecule has 1 aromatic carbocycles. The zero-order valence-corrected chi connectivity index (χ0v) is 12.5. The van der Waals surface area contributed by atoms with E-state index in [2.05, 4.69) is 17.4 Å². The van der Waals surface area contributed by atoms with Gasteiger partial charge in [0.2, 0.25) is 0 Å². The summed E-state index contributed by atoms with van der Waals surface area (Å²) in [6.07, 6.45) is 4.78. The van der Waals surface area contributed by atoms with Crippen LogP contribution >= 0.6 is 0 Å². The van der Waals surface area contributed by atoms with E-state index in [0.29, 0.717) is 12.1 Å². The Morgan fingerprint density at radius 2 is 1.82 bits per heavy atom. The lowest BCUT2D eigenvalue weighted by Crippen LogP contribution is -2.15. The summed E-state index contributed by atoms with van der Waals surface area (Å²) in [5.41, 5.74) is 5.13. The number of aromatic carboxylic acids is 1. The highest BCUT2D eigenvalue weighted by Gasteiger charge is 2.10. The summed E-state index contributed by atoms with van der Waals surface area (Å²) in [6.45, 7) is 1.44. The Labute approximate surface area is 130 Å². The molecule has 0 bridgehead atoms. The maximum atomic E-state index is 10.8. The number of benzene rings is 1. The summed E-state index contributed by atoms with van der Waals surface area (Å²) in [4.78, 5) is 15.5. The minimum absolute atomic E-state index is 0.320. The van der Waals surface area contributed by atoms with Gasteiger partial charge in [-0.1, -0.05) is 18.2 Å². The molecule has 22 heavy (non-hydrogen) atoms. The number of nitrogens with zero attached hydrogens (tertiary/aromatic N) is 1. The van der Waals surface area contributed by atoms with Gasteiger partial charge in [-0.25, -0.2) is 4.79 Å². The standard InChI is InChI=1S/C18H20N2O2/c21-18(22)15-7-5-13(6-8-15)11-19-12-16-10-9-14-3-1-2-4-17(14)20-16/h5-10,19H,1-4,11-12H2,(H,21,22). The van der Waals surface area contributed by atoms with Crippen LogP contribution in [0.25, 0.3) is 0 Å². The zero-order chi connectivity index (χ0) is 15.4. The topological polar surface area (TPSA) is 62.2 Å². The third-order valence-corrected chi connectivity index (χ3v) is 4.07. The van der Waals surface area contributed by atoms with Crippen molar-refractivity contribution in [3.8, 4) is 0 Å². The number of fused-ring (bicyclic) bond motifs is 1. The fraction of sp³-hybridized carbons (Fsp3) is 0.333. The van der Waals surface area contributed by atoms with Crippen LogP contribution in [0.3, 0.4) is 0 Å². The molecule has 2 N–H and O–H groups in total. The molecule has 0 spiro atoms. The molecule has 2 aromatic rings. The third kappa shape index (κ3) is 3.52. The second kappa shape index (κ2) is 6.71. The van der Waals surface area contributed by atoms with E-state index in [1.165, 1.54) is 24.1 Å². The van der Waals surface area contributed by atoms with E-state index in [1.807, 2.05) is 12.1 Å². The number of pyridine rings is 1. The Morgan fingerprint density at radius 3 is 2.59 bits per heavy atom. The summed E-state index contributed by atoms with van der Waals surface area (Å²) in [5, 5.41) is 12.2. The molecular weight excluding hydrogens is 276 g/mol. The first-order chi connectivity index (χ1) is 10.7. The normalized spacial score (nSPS) is 13.6. The van der Waals surface area contributed by atoms with E-state index in [9.17, 15) is 4.79 Å². The van der Waals surface area contributed by atoms with Gasteiger partial charge in [0, 0.05) is 18.8 Å². The zero-order valence-electron chi connectivity index (χ0n) is 12.5. The number of carboxylic acid groups (broad SMARTS) is 1. The molecule has 4 heteroatoms. The van der Waals surface area contributed by atoms with Crippen LogP contribution in [-0.2, 0) is 25.9 Å². The van der Waals surface area contributed by atoms with E-state index in [1.54, 1.807) is 12.1 Å². The molecule has 1 aromatic heterocycles. The summed E-state index contributed by atoms with van der Waals surface area (Å²) < 4.78 is 0. The number of hydrogen-bond donors (Lipinski definition) is 2. The molecule has 0 fully saturated rings. The largest absolute Gasteiger partial charge is 0.478 e. The van der Waals surface area contributed by atoms with Gasteiger partial charge in [0.1, 0.15) is 0 Å². The quantitative estimate of drug-likeness (QED) is 0.890. The van der Waals surface area contributed by atoms with Gasteiger partial charge in [0.15, 0.2) is 0 Å². The highest BCUT2D eigenvalue weighted by molar-refractivity contribution is 5.87. The minimum Gasteiger partial charge on any atom is -0.478 e. The lowest BCUT2D eigenvalue weighted by atomic mass is 9.96. The van der Waals surface area contributed by atoms with E-state index < -0.39 is 5.97 Å². The van der Waals surface area contributed by atoms with Gasteiger partial charge in [-0.15, -0.1) is 0 Å². The van der Waals surface area contributed by atoms with Crippen molar-refractivity contribution in [2.45, 2.75) is 38.8 Å². The molecule has 0 amide bonds. The highest BCUT2D eigenvalue weighted by atomic mass is 16.4. The van der Waals surface area contributed by atoms with Crippen LogP contribution < -0.4 is 5.32 Å². The highest BCUT2D eigenvalue weighted by Crippen LogP contribution is 2.19. The number of rotatable bonds is 5. The summed E-state index contributed by atoms with van der Waals surface area (Å²) in [5.74, 6) is -0.891. The molecule has 0 saturated heterocycles. The monoisotopic (exact) mass is 296 g/mol. The summed E-state index contributed by atoms with van der Waals surface area (Å²) in [7, 11) is 0. The molecular formula is C18H20N2O2. The smallest absolute Gasteiger partial charge is 0.335 e. The molecule has 114 valence electrons. The van der Waals surface area contributed by atoms with Crippen molar-refractivity contribution in [2.24, 2.45) is 0 Å². The molecule has 0 saturated carbocycles. The van der Waals surface area contributed by atoms with Gasteiger partial charge in [-0.2, -0.15) is 0 Å². The second-order valence-electron chi connectivity index (χ2n) is 5.72. The van der Waals surface area contributed by atoms with Gasteiger partial charge in [0.05, 0.1) is 11.3 Å². The summed E-state index contributed by atoms with van der Waals surface area (Å²) >= 11 is 0. The van der Waals surface area contributed by atoms with E-state index in [4.69, 9.17) is 10.1 Å². The fourth-order valence-corrected chi connectivity index (χ4v) is 2.83. The van der Waals surface area contributed by atoms with Crippen molar-refractivity contribution >= 4 is 5.97 Å². The predicted molar refractivity (Wildman–Crippen MR) is 84.8 cm³/mol. The lowest BCUT2D eigenvalue weighted by molar-refractivity contribution is 0.0697. The molecule has 0 aliphatic heterocycles. The minimum atomic E-state index is -0.891. The number of aryl methyl sites for hydroxylation is 2. The average molecular weight is 296 g/mol. The number of carboxylic acids is 1. The molecule has 4 nitrogen and oxygen atoms in total. The number of carbonyl (C=O) groups is 1. The maximum absolute atomic E-state index is 10.8. The van der Waals surface area contributed by atoms with Crippen molar-refractivity contribution in [2.75, 3.05) is 0 Å². The maximum Gasteiger partial charge on any atom is 0.335 e. The Balaban J connectivity index is 1.55. The van der Waals surface area contributed by atoms with Gasteiger partial charge in [0.25, 0.3) is 0 Å². The molecule has 0 unspecified atom stereocenters. The van der Waals surface area contributed by atoms with Gasteiger partial charge in [-0.05, 0) is 55.0 Å². The van der Waals surface area contributed by atoms with Crippen molar-refractivity contribution in [1.82, 2.24) is 10.3 Å². The fourth-order valence-electron chi connectivity index (χ4n) is 2.83. The lowest BCUT2D eigenvalue weighted by Gasteiger charge is -2.15. The van der Waals surface area contributed by atoms with Crippen LogP contribution in [0, 0.1) is 0 Å². The Bertz CT molecular complexity index is 665. The van der Waals surface area contributed by atoms with Crippen LogP contribution in [0.4, 0.5) is 0 Å². The molecule has 1 heterocycles. The molecule has 0 atom stereocenters. The number of nitrogens with one attached hydrogen (secondary N) is 1. The number of hydrogen-bond acceptors (Lipinski definition) is 3. The Hall–Kier alpha value is -2.20. The van der Waals surface area contributed by atoms with Crippen LogP contribution in [0.1, 0.15) is 45.7 Å². The first-order valence-corrected chi connectivity index (χ1v) is 7.73. The predicted octanol–water partition coefficient (Wildman–Crippen LogP) is 2.95. The van der Waals surface area contributed by atoms with Gasteiger partial charge in [-0.3, -0.25) is 4.98 Å². The van der Waals surface area contributed by atoms with Gasteiger partial charge >= 0.3 is 5.97 Å². The Morgan fingerprint density at radius 1 is 1.05 bits per heavy atom. The van der Waals surface area contributed by atoms with E-state index in [0.717, 1.165) is 30.6 Å². The second-order valence-corrected chi connectivity index (χ2v) is 5.72. The third-order valence-electron chi connectivity index (χ3n) is 4.07. The van der Waals surface area contributed by atoms with Crippen molar-refractivity contribution in [1.29, 1.82) is 0 Å². The molecule has 1 aliphatic carbocycles. The summed E-state index contributed by atoms with van der Waals surface area (Å²) in [6, 6.07) is 11.3. The van der Waals surface area contributed by atoms with Crippen molar-refractivity contribution < 1.29 is 9.90 Å². The van der Waals surface area contributed by atoms with Crippen molar-refractivity contribution in [3.05, 3.63) is 64.5 Å². The van der Waals surface area contributed by atoms with E-state index in [-0.39, 0.29) is 0 Å².